The maximum absolute atomic E-state index is 11.6. The Morgan fingerprint density at radius 2 is 1.72 bits per heavy atom. The highest BCUT2D eigenvalue weighted by molar-refractivity contribution is 5.89. The summed E-state index contributed by atoms with van der Waals surface area (Å²) in [6, 6.07) is 4.82. The average Bonchev–Trinajstić information content (AvgIpc) is 2.47. The van der Waals surface area contributed by atoms with Crippen molar-refractivity contribution in [3.63, 3.8) is 0 Å². The summed E-state index contributed by atoms with van der Waals surface area (Å²) in [5.41, 5.74) is 0.939. The van der Waals surface area contributed by atoms with Crippen LogP contribution in [0.15, 0.2) is 27.8 Å². The minimum atomic E-state index is -0.729. The van der Waals surface area contributed by atoms with Crippen LogP contribution < -0.4 is 11.0 Å². The molecule has 1 aromatic carbocycles. The van der Waals surface area contributed by atoms with Gasteiger partial charge < -0.3 is 10.1 Å². The average molecular weight is 245 g/mol. The number of H-pyrrole nitrogens is 1. The fraction of sp³-hybridized carbons (Fsp3) is 0.286. The van der Waals surface area contributed by atoms with Gasteiger partial charge in [-0.3, -0.25) is 9.59 Å². The fourth-order valence-corrected chi connectivity index (χ4v) is 2.15. The molecule has 0 unspecified atom stereocenters. The molecule has 2 rings (SSSR count). The Morgan fingerprint density at radius 1 is 1.11 bits per heavy atom. The van der Waals surface area contributed by atoms with Gasteiger partial charge >= 0.3 is 0 Å². The van der Waals surface area contributed by atoms with Gasteiger partial charge in [0.2, 0.25) is 5.43 Å². The number of aromatic nitrogens is 1. The summed E-state index contributed by atoms with van der Waals surface area (Å²) in [4.78, 5) is 25.6. The van der Waals surface area contributed by atoms with Gasteiger partial charge in [0, 0.05) is 11.5 Å². The van der Waals surface area contributed by atoms with Crippen molar-refractivity contribution in [3.05, 3.63) is 49.9 Å². The number of hydrogen-bond acceptors (Lipinski definition) is 3. The van der Waals surface area contributed by atoms with Gasteiger partial charge in [0.15, 0.2) is 0 Å². The van der Waals surface area contributed by atoms with Gasteiger partial charge in [0.05, 0.1) is 5.52 Å². The first kappa shape index (κ1) is 12.4. The van der Waals surface area contributed by atoms with E-state index in [2.05, 4.69) is 4.98 Å². The van der Waals surface area contributed by atoms with Crippen molar-refractivity contribution in [3.8, 4) is 5.75 Å². The van der Waals surface area contributed by atoms with Gasteiger partial charge in [0.25, 0.3) is 5.56 Å². The van der Waals surface area contributed by atoms with E-state index >= 15 is 0 Å². The van der Waals surface area contributed by atoms with Crippen LogP contribution in [0.4, 0.5) is 0 Å². The van der Waals surface area contributed by atoms with Crippen molar-refractivity contribution < 1.29 is 5.11 Å². The third-order valence-corrected chi connectivity index (χ3v) is 3.13. The van der Waals surface area contributed by atoms with Gasteiger partial charge in [-0.25, -0.2) is 0 Å². The zero-order valence-electron chi connectivity index (χ0n) is 10.4. The molecule has 18 heavy (non-hydrogen) atoms. The molecule has 0 saturated carbocycles. The monoisotopic (exact) mass is 245 g/mol. The Balaban J connectivity index is 3.12. The van der Waals surface area contributed by atoms with Gasteiger partial charge in [0.1, 0.15) is 5.75 Å². The SMILES string of the molecule is CCc1ccc(CC)c2c(O)cc(=O)c(=O)[nH]c12. The van der Waals surface area contributed by atoms with Crippen LogP contribution in [0.5, 0.6) is 5.75 Å². The van der Waals surface area contributed by atoms with E-state index in [4.69, 9.17) is 0 Å². The van der Waals surface area contributed by atoms with Crippen LogP contribution in [-0.4, -0.2) is 10.1 Å². The lowest BCUT2D eigenvalue weighted by Crippen LogP contribution is -2.22. The standard InChI is InChI=1S/C14H15NO3/c1-3-8-5-6-9(4-2)13-12(8)10(16)7-11(17)14(18)15-13/h5-7,16H,3-4H2,1-2H3,(H,15,17,18). The van der Waals surface area contributed by atoms with Crippen LogP contribution in [0.3, 0.4) is 0 Å². The number of aryl methyl sites for hydroxylation is 2. The van der Waals surface area contributed by atoms with Crippen molar-refractivity contribution in [1.29, 1.82) is 0 Å². The van der Waals surface area contributed by atoms with Crippen LogP contribution in [0, 0.1) is 0 Å². The number of rotatable bonds is 2. The highest BCUT2D eigenvalue weighted by Crippen LogP contribution is 2.27. The first-order valence-electron chi connectivity index (χ1n) is 5.99. The molecule has 2 N–H and O–H groups in total. The lowest BCUT2D eigenvalue weighted by molar-refractivity contribution is 0.481. The molecular formula is C14H15NO3. The van der Waals surface area contributed by atoms with E-state index in [0.29, 0.717) is 23.7 Å². The summed E-state index contributed by atoms with van der Waals surface area (Å²) < 4.78 is 0. The lowest BCUT2D eigenvalue weighted by atomic mass is 10.0. The number of benzene rings is 1. The maximum Gasteiger partial charge on any atom is 0.296 e. The largest absolute Gasteiger partial charge is 0.507 e. The van der Waals surface area contributed by atoms with Crippen molar-refractivity contribution >= 4 is 10.9 Å². The third kappa shape index (κ3) is 1.90. The molecular weight excluding hydrogens is 230 g/mol. The zero-order valence-corrected chi connectivity index (χ0v) is 10.4. The van der Waals surface area contributed by atoms with Gasteiger partial charge in [-0.05, 0) is 24.0 Å². The number of aromatic hydroxyl groups is 1. The van der Waals surface area contributed by atoms with E-state index in [-0.39, 0.29) is 5.75 Å². The van der Waals surface area contributed by atoms with Crippen molar-refractivity contribution in [2.24, 2.45) is 0 Å². The Labute approximate surface area is 104 Å². The maximum atomic E-state index is 11.6. The molecule has 2 aromatic rings. The predicted octanol–water partition coefficient (Wildman–Crippen LogP) is 1.72. The van der Waals surface area contributed by atoms with E-state index in [1.807, 2.05) is 26.0 Å². The van der Waals surface area contributed by atoms with E-state index in [9.17, 15) is 14.7 Å². The van der Waals surface area contributed by atoms with Crippen LogP contribution in [0.1, 0.15) is 25.0 Å². The van der Waals surface area contributed by atoms with Crippen LogP contribution in [-0.2, 0) is 12.8 Å². The summed E-state index contributed by atoms with van der Waals surface area (Å²) in [5.74, 6) is -0.138. The molecule has 0 aliphatic rings. The Hall–Kier alpha value is -2.10. The second-order valence-electron chi connectivity index (χ2n) is 4.19. The van der Waals surface area contributed by atoms with Gasteiger partial charge in [-0.15, -0.1) is 0 Å². The van der Waals surface area contributed by atoms with E-state index in [1.54, 1.807) is 0 Å². The van der Waals surface area contributed by atoms with E-state index < -0.39 is 11.0 Å². The molecule has 0 aliphatic heterocycles. The molecule has 0 spiro atoms. The molecule has 94 valence electrons. The van der Waals surface area contributed by atoms with Gasteiger partial charge in [-0.1, -0.05) is 26.0 Å². The molecule has 1 heterocycles. The van der Waals surface area contributed by atoms with Crippen LogP contribution in [0.25, 0.3) is 10.9 Å². The smallest absolute Gasteiger partial charge is 0.296 e. The summed E-state index contributed by atoms with van der Waals surface area (Å²) in [7, 11) is 0. The molecule has 4 nitrogen and oxygen atoms in total. The summed E-state index contributed by atoms with van der Waals surface area (Å²) >= 11 is 0. The number of hydrogen-bond donors (Lipinski definition) is 2. The zero-order chi connectivity index (χ0) is 13.3. The molecule has 0 fully saturated rings. The highest BCUT2D eigenvalue weighted by atomic mass is 16.3. The minimum Gasteiger partial charge on any atom is -0.507 e. The Morgan fingerprint density at radius 3 is 2.33 bits per heavy atom. The van der Waals surface area contributed by atoms with E-state index in [0.717, 1.165) is 17.2 Å². The van der Waals surface area contributed by atoms with Crippen LogP contribution >= 0.6 is 0 Å². The summed E-state index contributed by atoms with van der Waals surface area (Å²) in [6.07, 6.45) is 1.43. The van der Waals surface area contributed by atoms with Gasteiger partial charge in [-0.2, -0.15) is 0 Å². The predicted molar refractivity (Wildman–Crippen MR) is 71.3 cm³/mol. The molecule has 0 saturated heterocycles. The molecule has 0 amide bonds. The minimum absolute atomic E-state index is 0.138. The number of nitrogens with one attached hydrogen (secondary N) is 1. The summed E-state index contributed by atoms with van der Waals surface area (Å²) in [5, 5.41) is 10.6. The normalized spacial score (nSPS) is 10.8. The second-order valence-corrected chi connectivity index (χ2v) is 4.19. The molecule has 0 bridgehead atoms. The van der Waals surface area contributed by atoms with Crippen molar-refractivity contribution in [2.45, 2.75) is 26.7 Å². The Kier molecular flexibility index (Phi) is 3.19. The molecule has 0 radical (unpaired) electrons. The van der Waals surface area contributed by atoms with E-state index in [1.165, 1.54) is 0 Å². The quantitative estimate of drug-likeness (QED) is 0.791. The molecule has 4 heteroatoms. The second kappa shape index (κ2) is 4.64. The first-order valence-corrected chi connectivity index (χ1v) is 5.99. The fourth-order valence-electron chi connectivity index (χ4n) is 2.15. The molecule has 0 aliphatic carbocycles. The lowest BCUT2D eigenvalue weighted by Gasteiger charge is -2.07. The van der Waals surface area contributed by atoms with Crippen molar-refractivity contribution in [2.75, 3.05) is 0 Å². The molecule has 0 atom stereocenters. The number of fused-ring (bicyclic) bond motifs is 1. The first-order chi connectivity index (χ1) is 8.58. The highest BCUT2D eigenvalue weighted by Gasteiger charge is 2.09. The van der Waals surface area contributed by atoms with Crippen LogP contribution in [0.2, 0.25) is 0 Å². The number of aromatic amines is 1. The van der Waals surface area contributed by atoms with Crippen molar-refractivity contribution in [1.82, 2.24) is 4.98 Å². The Bertz CT molecular complexity index is 716. The topological polar surface area (TPSA) is 70.2 Å². The third-order valence-electron chi connectivity index (χ3n) is 3.13. The summed E-state index contributed by atoms with van der Waals surface area (Å²) in [6.45, 7) is 3.92. The molecule has 1 aromatic heterocycles.